The topological polar surface area (TPSA) is 85.3 Å². The van der Waals surface area contributed by atoms with Crippen molar-refractivity contribution >= 4 is 12.1 Å². The molecule has 1 unspecified atom stereocenters. The summed E-state index contributed by atoms with van der Waals surface area (Å²) < 4.78 is 17.2. The molecule has 2 aliphatic heterocycles. The fourth-order valence-corrected chi connectivity index (χ4v) is 3.62. The van der Waals surface area contributed by atoms with Gasteiger partial charge in [0.25, 0.3) is 0 Å². The molecule has 148 valence electrons. The number of fused-ring (bicyclic) bond motifs is 1. The van der Waals surface area contributed by atoms with Crippen molar-refractivity contribution in [2.75, 3.05) is 6.61 Å². The quantitative estimate of drug-likeness (QED) is 0.868. The van der Waals surface area contributed by atoms with E-state index in [0.717, 1.165) is 5.56 Å². The molecule has 0 spiro atoms. The summed E-state index contributed by atoms with van der Waals surface area (Å²) in [6.07, 6.45) is -0.334. The van der Waals surface area contributed by atoms with Gasteiger partial charge in [-0.3, -0.25) is 4.90 Å². The van der Waals surface area contributed by atoms with E-state index in [4.69, 9.17) is 14.2 Å². The van der Waals surface area contributed by atoms with Crippen LogP contribution in [0, 0.1) is 0 Å². The summed E-state index contributed by atoms with van der Waals surface area (Å²) in [5.74, 6) is -1.04. The molecule has 7 heteroatoms. The van der Waals surface area contributed by atoms with Crippen LogP contribution in [0.3, 0.4) is 0 Å². The highest BCUT2D eigenvalue weighted by molar-refractivity contribution is 5.81. The maximum absolute atomic E-state index is 12.7. The molecule has 2 aliphatic rings. The molecule has 4 atom stereocenters. The molecule has 27 heavy (non-hydrogen) atoms. The van der Waals surface area contributed by atoms with E-state index < -0.39 is 23.7 Å². The normalized spacial score (nSPS) is 27.9. The van der Waals surface area contributed by atoms with Crippen LogP contribution in [0.4, 0.5) is 4.79 Å². The largest absolute Gasteiger partial charge is 0.480 e. The van der Waals surface area contributed by atoms with Gasteiger partial charge in [-0.2, -0.15) is 0 Å². The van der Waals surface area contributed by atoms with Crippen molar-refractivity contribution in [2.45, 2.75) is 70.1 Å². The van der Waals surface area contributed by atoms with Crippen LogP contribution in [-0.4, -0.2) is 58.6 Å². The molecule has 0 saturated carbocycles. The zero-order chi connectivity index (χ0) is 19.6. The highest BCUT2D eigenvalue weighted by atomic mass is 16.6. The van der Waals surface area contributed by atoms with Crippen molar-refractivity contribution in [1.29, 1.82) is 0 Å². The van der Waals surface area contributed by atoms with E-state index in [1.807, 2.05) is 30.3 Å². The van der Waals surface area contributed by atoms with Gasteiger partial charge in [0.15, 0.2) is 0 Å². The Hall–Kier alpha value is -2.12. The van der Waals surface area contributed by atoms with Gasteiger partial charge < -0.3 is 19.3 Å². The first kappa shape index (κ1) is 19.6. The Bertz CT molecular complexity index is 671. The zero-order valence-electron chi connectivity index (χ0n) is 16.0. The molecular weight excluding hydrogens is 350 g/mol. The maximum Gasteiger partial charge on any atom is 0.411 e. The van der Waals surface area contributed by atoms with Crippen LogP contribution in [0.5, 0.6) is 0 Å². The van der Waals surface area contributed by atoms with E-state index in [-0.39, 0.29) is 24.7 Å². The molecule has 2 saturated heterocycles. The van der Waals surface area contributed by atoms with Crippen molar-refractivity contribution in [2.24, 2.45) is 0 Å². The van der Waals surface area contributed by atoms with Gasteiger partial charge in [-0.25, -0.2) is 9.59 Å². The number of carboxylic acid groups (broad SMARTS) is 1. The van der Waals surface area contributed by atoms with Gasteiger partial charge in [0.1, 0.15) is 11.6 Å². The van der Waals surface area contributed by atoms with Gasteiger partial charge in [0, 0.05) is 6.42 Å². The number of benzene rings is 1. The van der Waals surface area contributed by atoms with Gasteiger partial charge in [0.2, 0.25) is 0 Å². The number of carbonyl (C=O) groups excluding carboxylic acids is 1. The molecule has 1 aromatic carbocycles. The predicted octanol–water partition coefficient (Wildman–Crippen LogP) is 2.82. The minimum absolute atomic E-state index is 0.205. The standard InChI is InChI=1S/C20H27NO6/c1-20(2,3)27-19(24)21-15-9-14(25-11-13-7-5-4-6-8-13)12-26-17(15)10-16(21)18(22)23/h4-8,14-17H,9-12H2,1-3H3,(H,22,23)/t14-,15-,16?,17-/m0/s1. The zero-order valence-corrected chi connectivity index (χ0v) is 16.0. The molecule has 1 aromatic rings. The monoisotopic (exact) mass is 377 g/mol. The van der Waals surface area contributed by atoms with Crippen molar-refractivity contribution in [3.8, 4) is 0 Å². The number of hydrogen-bond donors (Lipinski definition) is 1. The summed E-state index contributed by atoms with van der Waals surface area (Å²) in [5.41, 5.74) is 0.357. The van der Waals surface area contributed by atoms with Crippen LogP contribution in [0.2, 0.25) is 0 Å². The van der Waals surface area contributed by atoms with Crippen molar-refractivity contribution in [1.82, 2.24) is 4.90 Å². The molecule has 7 nitrogen and oxygen atoms in total. The number of ether oxygens (including phenoxy) is 3. The molecule has 2 fully saturated rings. The lowest BCUT2D eigenvalue weighted by Gasteiger charge is -2.37. The average molecular weight is 377 g/mol. The number of amides is 1. The number of likely N-dealkylation sites (tertiary alicyclic amines) is 1. The van der Waals surface area contributed by atoms with E-state index in [0.29, 0.717) is 19.6 Å². The van der Waals surface area contributed by atoms with Gasteiger partial charge in [-0.15, -0.1) is 0 Å². The van der Waals surface area contributed by atoms with Gasteiger partial charge in [-0.05, 0) is 32.8 Å². The van der Waals surface area contributed by atoms with E-state index >= 15 is 0 Å². The summed E-state index contributed by atoms with van der Waals surface area (Å²) in [6, 6.07) is 8.50. The lowest BCUT2D eigenvalue weighted by molar-refractivity contribution is -0.142. The van der Waals surface area contributed by atoms with Gasteiger partial charge >= 0.3 is 12.1 Å². The fourth-order valence-electron chi connectivity index (χ4n) is 3.62. The second-order valence-electron chi connectivity index (χ2n) is 8.07. The first-order chi connectivity index (χ1) is 12.7. The first-order valence-corrected chi connectivity index (χ1v) is 9.26. The molecule has 0 aromatic heterocycles. The van der Waals surface area contributed by atoms with Crippen LogP contribution in [0.1, 0.15) is 39.2 Å². The fraction of sp³-hybridized carbons (Fsp3) is 0.600. The summed E-state index contributed by atoms with van der Waals surface area (Å²) >= 11 is 0. The van der Waals surface area contributed by atoms with Crippen LogP contribution < -0.4 is 0 Å². The van der Waals surface area contributed by atoms with Gasteiger partial charge in [-0.1, -0.05) is 30.3 Å². The third-order valence-electron chi connectivity index (χ3n) is 4.80. The van der Waals surface area contributed by atoms with Crippen LogP contribution in [0.25, 0.3) is 0 Å². The third-order valence-corrected chi connectivity index (χ3v) is 4.80. The Balaban J connectivity index is 1.68. The van der Waals surface area contributed by atoms with Crippen molar-refractivity contribution in [3.05, 3.63) is 35.9 Å². The molecule has 3 rings (SSSR count). The third kappa shape index (κ3) is 4.78. The molecule has 1 amide bonds. The van der Waals surface area contributed by atoms with Crippen molar-refractivity contribution < 1.29 is 28.9 Å². The second kappa shape index (κ2) is 7.86. The minimum Gasteiger partial charge on any atom is -0.480 e. The highest BCUT2D eigenvalue weighted by Gasteiger charge is 2.51. The smallest absolute Gasteiger partial charge is 0.411 e. The van der Waals surface area contributed by atoms with E-state index in [9.17, 15) is 14.7 Å². The Labute approximate surface area is 159 Å². The lowest BCUT2D eigenvalue weighted by atomic mass is 10.0. The summed E-state index contributed by atoms with van der Waals surface area (Å²) in [7, 11) is 0. The summed E-state index contributed by atoms with van der Waals surface area (Å²) in [4.78, 5) is 25.7. The van der Waals surface area contributed by atoms with Crippen LogP contribution in [0.15, 0.2) is 30.3 Å². The number of nitrogens with zero attached hydrogens (tertiary/aromatic N) is 1. The summed E-state index contributed by atoms with van der Waals surface area (Å²) in [6.45, 7) is 6.12. The van der Waals surface area contributed by atoms with Crippen LogP contribution >= 0.6 is 0 Å². The molecule has 2 heterocycles. The Morgan fingerprint density at radius 2 is 1.93 bits per heavy atom. The number of hydrogen-bond acceptors (Lipinski definition) is 5. The number of aliphatic carboxylic acids is 1. The summed E-state index contributed by atoms with van der Waals surface area (Å²) in [5, 5.41) is 9.56. The Morgan fingerprint density at radius 1 is 1.22 bits per heavy atom. The maximum atomic E-state index is 12.7. The average Bonchev–Trinajstić information content (AvgIpc) is 2.98. The highest BCUT2D eigenvalue weighted by Crippen LogP contribution is 2.35. The molecular formula is C20H27NO6. The SMILES string of the molecule is CC(C)(C)OC(=O)N1C(C(=O)O)C[C@@H]2OC[C@@H](OCc3ccccc3)C[C@@H]21. The Morgan fingerprint density at radius 3 is 2.56 bits per heavy atom. The lowest BCUT2D eigenvalue weighted by Crippen LogP contribution is -2.51. The van der Waals surface area contributed by atoms with Gasteiger partial charge in [0.05, 0.1) is 31.5 Å². The number of rotatable bonds is 4. The van der Waals surface area contributed by atoms with E-state index in [1.165, 1.54) is 4.90 Å². The minimum atomic E-state index is -1.04. The van der Waals surface area contributed by atoms with E-state index in [1.54, 1.807) is 20.8 Å². The number of carboxylic acids is 1. The van der Waals surface area contributed by atoms with Crippen LogP contribution in [-0.2, 0) is 25.6 Å². The predicted molar refractivity (Wildman–Crippen MR) is 97.3 cm³/mol. The van der Waals surface area contributed by atoms with E-state index in [2.05, 4.69) is 0 Å². The molecule has 0 bridgehead atoms. The first-order valence-electron chi connectivity index (χ1n) is 9.26. The molecule has 1 N–H and O–H groups in total. The van der Waals surface area contributed by atoms with Crippen molar-refractivity contribution in [3.63, 3.8) is 0 Å². The number of carbonyl (C=O) groups is 2. The molecule has 0 aliphatic carbocycles. The Kier molecular flexibility index (Phi) is 5.72. The molecule has 0 radical (unpaired) electrons. The second-order valence-corrected chi connectivity index (χ2v) is 8.07.